The van der Waals surface area contributed by atoms with Gasteiger partial charge >= 0.3 is 0 Å². The number of hydrogen-bond acceptors (Lipinski definition) is 1. The van der Waals surface area contributed by atoms with Crippen molar-refractivity contribution in [3.05, 3.63) is 34.9 Å². The van der Waals surface area contributed by atoms with Gasteiger partial charge in [-0.3, -0.25) is 4.99 Å². The SMILES string of the molecule is CC(=NC1CCCCC1)c1cc(C)ccc1C. The van der Waals surface area contributed by atoms with Crippen molar-refractivity contribution < 1.29 is 0 Å². The fraction of sp³-hybridized carbons (Fsp3) is 0.562. The Kier molecular flexibility index (Phi) is 3.98. The molecule has 0 radical (unpaired) electrons. The molecule has 2 rings (SSSR count). The van der Waals surface area contributed by atoms with Crippen LogP contribution in [0.4, 0.5) is 0 Å². The highest BCUT2D eigenvalue weighted by Gasteiger charge is 2.13. The molecule has 0 atom stereocenters. The van der Waals surface area contributed by atoms with Crippen LogP contribution < -0.4 is 0 Å². The second-order valence-corrected chi connectivity index (χ2v) is 5.32. The number of aryl methyl sites for hydroxylation is 2. The summed E-state index contributed by atoms with van der Waals surface area (Å²) in [4.78, 5) is 4.92. The number of benzene rings is 1. The molecule has 0 N–H and O–H groups in total. The van der Waals surface area contributed by atoms with E-state index >= 15 is 0 Å². The van der Waals surface area contributed by atoms with Crippen LogP contribution in [-0.4, -0.2) is 11.8 Å². The second-order valence-electron chi connectivity index (χ2n) is 5.32. The lowest BCUT2D eigenvalue weighted by atomic mass is 9.95. The molecule has 1 aliphatic carbocycles. The van der Waals surface area contributed by atoms with E-state index < -0.39 is 0 Å². The average molecular weight is 229 g/mol. The van der Waals surface area contributed by atoms with Crippen LogP contribution in [0.3, 0.4) is 0 Å². The van der Waals surface area contributed by atoms with Gasteiger partial charge < -0.3 is 0 Å². The van der Waals surface area contributed by atoms with Gasteiger partial charge in [0.25, 0.3) is 0 Å². The Morgan fingerprint density at radius 2 is 1.82 bits per heavy atom. The Labute approximate surface area is 105 Å². The van der Waals surface area contributed by atoms with Crippen LogP contribution in [0, 0.1) is 13.8 Å². The highest BCUT2D eigenvalue weighted by atomic mass is 14.8. The van der Waals surface area contributed by atoms with E-state index in [9.17, 15) is 0 Å². The first-order chi connectivity index (χ1) is 8.16. The largest absolute Gasteiger partial charge is 0.286 e. The van der Waals surface area contributed by atoms with Crippen molar-refractivity contribution in [3.8, 4) is 0 Å². The molecule has 1 aromatic rings. The molecular weight excluding hydrogens is 206 g/mol. The van der Waals surface area contributed by atoms with E-state index in [1.165, 1.54) is 54.5 Å². The summed E-state index contributed by atoms with van der Waals surface area (Å²) >= 11 is 0. The van der Waals surface area contributed by atoms with Gasteiger partial charge in [0.15, 0.2) is 0 Å². The Morgan fingerprint density at radius 1 is 1.12 bits per heavy atom. The van der Waals surface area contributed by atoms with Gasteiger partial charge in [-0.25, -0.2) is 0 Å². The first kappa shape index (κ1) is 12.3. The zero-order chi connectivity index (χ0) is 12.3. The van der Waals surface area contributed by atoms with Crippen LogP contribution >= 0.6 is 0 Å². The summed E-state index contributed by atoms with van der Waals surface area (Å²) in [6.07, 6.45) is 6.67. The Balaban J connectivity index is 2.19. The van der Waals surface area contributed by atoms with E-state index in [0.29, 0.717) is 6.04 Å². The molecule has 1 aromatic carbocycles. The number of rotatable bonds is 2. The lowest BCUT2D eigenvalue weighted by molar-refractivity contribution is 0.443. The van der Waals surface area contributed by atoms with E-state index in [1.807, 2.05) is 0 Å². The van der Waals surface area contributed by atoms with E-state index in [4.69, 9.17) is 4.99 Å². The smallest absolute Gasteiger partial charge is 0.0503 e. The Bertz CT molecular complexity index is 412. The number of nitrogens with zero attached hydrogens (tertiary/aromatic N) is 1. The summed E-state index contributed by atoms with van der Waals surface area (Å²) in [7, 11) is 0. The average Bonchev–Trinajstić information content (AvgIpc) is 2.33. The highest BCUT2D eigenvalue weighted by Crippen LogP contribution is 2.21. The fourth-order valence-electron chi connectivity index (χ4n) is 2.68. The molecule has 0 aliphatic heterocycles. The van der Waals surface area contributed by atoms with Gasteiger partial charge in [0.2, 0.25) is 0 Å². The first-order valence-electron chi connectivity index (χ1n) is 6.79. The third-order valence-electron chi connectivity index (χ3n) is 3.73. The molecule has 1 aliphatic rings. The fourth-order valence-corrected chi connectivity index (χ4v) is 2.68. The summed E-state index contributed by atoms with van der Waals surface area (Å²) in [5, 5.41) is 0. The molecule has 0 amide bonds. The minimum absolute atomic E-state index is 0.573. The van der Waals surface area contributed by atoms with Crippen molar-refractivity contribution in [1.29, 1.82) is 0 Å². The quantitative estimate of drug-likeness (QED) is 0.665. The van der Waals surface area contributed by atoms with E-state index in [-0.39, 0.29) is 0 Å². The van der Waals surface area contributed by atoms with Crippen LogP contribution in [0.15, 0.2) is 23.2 Å². The lowest BCUT2D eigenvalue weighted by Gasteiger charge is -2.19. The minimum atomic E-state index is 0.573. The normalized spacial score (nSPS) is 18.4. The summed E-state index contributed by atoms with van der Waals surface area (Å²) in [6.45, 7) is 6.49. The van der Waals surface area contributed by atoms with Gasteiger partial charge in [0.1, 0.15) is 0 Å². The molecule has 0 unspecified atom stereocenters. The van der Waals surface area contributed by atoms with Gasteiger partial charge in [-0.05, 0) is 50.8 Å². The molecule has 0 bridgehead atoms. The molecule has 1 nitrogen and oxygen atoms in total. The van der Waals surface area contributed by atoms with E-state index in [2.05, 4.69) is 39.0 Å². The molecule has 1 heteroatoms. The van der Waals surface area contributed by atoms with Crippen LogP contribution in [-0.2, 0) is 0 Å². The predicted molar refractivity (Wildman–Crippen MR) is 75.0 cm³/mol. The van der Waals surface area contributed by atoms with Crippen LogP contribution in [0.1, 0.15) is 55.7 Å². The monoisotopic (exact) mass is 229 g/mol. The third kappa shape index (κ3) is 3.18. The summed E-state index contributed by atoms with van der Waals surface area (Å²) in [5.41, 5.74) is 5.21. The van der Waals surface area contributed by atoms with Crippen molar-refractivity contribution >= 4 is 5.71 Å². The molecule has 0 saturated heterocycles. The molecule has 17 heavy (non-hydrogen) atoms. The summed E-state index contributed by atoms with van der Waals surface area (Å²) in [6, 6.07) is 7.21. The van der Waals surface area contributed by atoms with Crippen molar-refractivity contribution in [2.75, 3.05) is 0 Å². The molecule has 92 valence electrons. The Morgan fingerprint density at radius 3 is 2.53 bits per heavy atom. The van der Waals surface area contributed by atoms with Gasteiger partial charge in [-0.1, -0.05) is 37.0 Å². The van der Waals surface area contributed by atoms with Crippen molar-refractivity contribution in [2.45, 2.75) is 58.9 Å². The molecule has 1 saturated carbocycles. The van der Waals surface area contributed by atoms with E-state index in [1.54, 1.807) is 0 Å². The topological polar surface area (TPSA) is 12.4 Å². The van der Waals surface area contributed by atoms with Gasteiger partial charge in [-0.15, -0.1) is 0 Å². The zero-order valence-corrected chi connectivity index (χ0v) is 11.3. The third-order valence-corrected chi connectivity index (χ3v) is 3.73. The first-order valence-corrected chi connectivity index (χ1v) is 6.79. The molecule has 0 spiro atoms. The van der Waals surface area contributed by atoms with Crippen molar-refractivity contribution in [2.24, 2.45) is 4.99 Å². The van der Waals surface area contributed by atoms with Gasteiger partial charge in [0, 0.05) is 5.71 Å². The van der Waals surface area contributed by atoms with Crippen LogP contribution in [0.2, 0.25) is 0 Å². The minimum Gasteiger partial charge on any atom is -0.286 e. The molecular formula is C16H23N. The standard InChI is InChI=1S/C16H23N/c1-12-9-10-13(2)16(11-12)14(3)17-15-7-5-4-6-8-15/h9-11,15H,4-8H2,1-3H3. The zero-order valence-electron chi connectivity index (χ0n) is 11.3. The van der Waals surface area contributed by atoms with Crippen LogP contribution in [0.5, 0.6) is 0 Å². The maximum Gasteiger partial charge on any atom is 0.0503 e. The Hall–Kier alpha value is -1.11. The molecule has 0 heterocycles. The van der Waals surface area contributed by atoms with Gasteiger partial charge in [-0.2, -0.15) is 0 Å². The van der Waals surface area contributed by atoms with E-state index in [0.717, 1.165) is 0 Å². The number of aliphatic imine (C=N–C) groups is 1. The number of hydrogen-bond donors (Lipinski definition) is 0. The lowest BCUT2D eigenvalue weighted by Crippen LogP contribution is -2.12. The highest BCUT2D eigenvalue weighted by molar-refractivity contribution is 6.00. The molecule has 1 fully saturated rings. The summed E-state index contributed by atoms with van der Waals surface area (Å²) in [5.74, 6) is 0. The predicted octanol–water partition coefficient (Wildman–Crippen LogP) is 4.45. The van der Waals surface area contributed by atoms with Gasteiger partial charge in [0.05, 0.1) is 6.04 Å². The van der Waals surface area contributed by atoms with Crippen molar-refractivity contribution in [3.63, 3.8) is 0 Å². The van der Waals surface area contributed by atoms with Crippen LogP contribution in [0.25, 0.3) is 0 Å². The molecule has 0 aromatic heterocycles. The maximum absolute atomic E-state index is 4.92. The second kappa shape index (κ2) is 5.48. The summed E-state index contributed by atoms with van der Waals surface area (Å²) < 4.78 is 0. The maximum atomic E-state index is 4.92. The van der Waals surface area contributed by atoms with Crippen molar-refractivity contribution in [1.82, 2.24) is 0 Å².